The Morgan fingerprint density at radius 3 is 3.00 bits per heavy atom. The summed E-state index contributed by atoms with van der Waals surface area (Å²) in [6.07, 6.45) is 1.34. The second-order valence-electron chi connectivity index (χ2n) is 7.56. The van der Waals surface area contributed by atoms with E-state index in [9.17, 15) is 9.90 Å². The summed E-state index contributed by atoms with van der Waals surface area (Å²) in [5.74, 6) is 0.482. The molecule has 0 radical (unpaired) electrons. The smallest absolute Gasteiger partial charge is 0.322 e. The molecule has 3 aliphatic rings. The first-order chi connectivity index (χ1) is 13.1. The van der Waals surface area contributed by atoms with E-state index >= 15 is 0 Å². The number of rotatable bonds is 3. The summed E-state index contributed by atoms with van der Waals surface area (Å²) in [7, 11) is 0. The van der Waals surface area contributed by atoms with Crippen molar-refractivity contribution in [1.29, 1.82) is 0 Å². The minimum absolute atomic E-state index is 0.0302. The van der Waals surface area contributed by atoms with Crippen molar-refractivity contribution in [3.8, 4) is 5.75 Å². The van der Waals surface area contributed by atoms with Crippen LogP contribution >= 0.6 is 0 Å². The zero-order valence-corrected chi connectivity index (χ0v) is 15.7. The van der Waals surface area contributed by atoms with Gasteiger partial charge < -0.3 is 29.5 Å². The van der Waals surface area contributed by atoms with Gasteiger partial charge in [0.2, 0.25) is 0 Å². The molecule has 7 heteroatoms. The summed E-state index contributed by atoms with van der Waals surface area (Å²) in [5, 5.41) is 14.4. The number of fused-ring (bicyclic) bond motifs is 3. The van der Waals surface area contributed by atoms with Gasteiger partial charge in [-0.05, 0) is 25.5 Å². The number of nitrogens with zero attached hydrogens (tertiary/aromatic N) is 1. The van der Waals surface area contributed by atoms with Crippen molar-refractivity contribution < 1.29 is 24.1 Å². The first-order valence-corrected chi connectivity index (χ1v) is 9.80. The second kappa shape index (κ2) is 7.66. The maximum absolute atomic E-state index is 13.2. The summed E-state index contributed by atoms with van der Waals surface area (Å²) in [4.78, 5) is 15.0. The number of hydrogen-bond donors (Lipinski definition) is 2. The Morgan fingerprint density at radius 1 is 1.33 bits per heavy atom. The third-order valence-corrected chi connectivity index (χ3v) is 6.14. The molecular formula is C20H28N2O5. The molecule has 2 amide bonds. The van der Waals surface area contributed by atoms with Crippen molar-refractivity contribution in [1.82, 2.24) is 4.90 Å². The van der Waals surface area contributed by atoms with Crippen LogP contribution < -0.4 is 10.1 Å². The van der Waals surface area contributed by atoms with Crippen LogP contribution in [0, 0.1) is 11.8 Å². The highest BCUT2D eigenvalue weighted by Crippen LogP contribution is 2.44. The molecule has 3 saturated heterocycles. The maximum Gasteiger partial charge on any atom is 0.322 e. The summed E-state index contributed by atoms with van der Waals surface area (Å²) in [6, 6.07) is 7.26. The van der Waals surface area contributed by atoms with Gasteiger partial charge in [0.05, 0.1) is 31.1 Å². The molecule has 0 aliphatic carbocycles. The van der Waals surface area contributed by atoms with Gasteiger partial charge in [-0.1, -0.05) is 12.1 Å². The zero-order chi connectivity index (χ0) is 18.9. The Bertz CT molecular complexity index is 684. The number of carbonyl (C=O) groups is 1. The number of para-hydroxylation sites is 2. The SMILES string of the molecule is CCOc1ccccc1NC(=O)N1C[C@@H]2COCC[C@]2(O)[C@H]2COCC[C@H]21. The molecule has 148 valence electrons. The molecule has 1 aromatic rings. The molecule has 3 heterocycles. The molecule has 7 nitrogen and oxygen atoms in total. The lowest BCUT2D eigenvalue weighted by Crippen LogP contribution is -2.69. The number of amides is 2. The van der Waals surface area contributed by atoms with E-state index < -0.39 is 5.60 Å². The van der Waals surface area contributed by atoms with Gasteiger partial charge in [-0.25, -0.2) is 4.79 Å². The lowest BCUT2D eigenvalue weighted by Gasteiger charge is -2.56. The number of hydrogen-bond acceptors (Lipinski definition) is 5. The standard InChI is InChI=1S/C20H28N2O5/c1-2-27-18-6-4-3-5-16(18)21-19(23)22-11-14-12-26-10-8-20(14,24)15-13-25-9-7-17(15)22/h3-6,14-15,17,24H,2,7-13H2,1H3,(H,21,23)/t14-,15+,17-,20-/m1/s1. The molecule has 1 aromatic carbocycles. The molecule has 3 fully saturated rings. The van der Waals surface area contributed by atoms with E-state index in [4.69, 9.17) is 14.2 Å². The molecule has 0 saturated carbocycles. The van der Waals surface area contributed by atoms with E-state index in [2.05, 4.69) is 5.32 Å². The number of ether oxygens (including phenoxy) is 3. The van der Waals surface area contributed by atoms with Crippen molar-refractivity contribution in [2.75, 3.05) is 44.9 Å². The van der Waals surface area contributed by atoms with Gasteiger partial charge in [-0.2, -0.15) is 0 Å². The average Bonchev–Trinajstić information content (AvgIpc) is 2.69. The molecule has 3 aliphatic heterocycles. The summed E-state index contributed by atoms with van der Waals surface area (Å²) >= 11 is 0. The fraction of sp³-hybridized carbons (Fsp3) is 0.650. The van der Waals surface area contributed by atoms with Crippen molar-refractivity contribution in [3.63, 3.8) is 0 Å². The fourth-order valence-electron chi connectivity index (χ4n) is 4.73. The molecular weight excluding hydrogens is 348 g/mol. The first-order valence-electron chi connectivity index (χ1n) is 9.80. The number of nitrogens with one attached hydrogen (secondary N) is 1. The normalized spacial score (nSPS) is 33.0. The number of benzene rings is 1. The predicted molar refractivity (Wildman–Crippen MR) is 99.9 cm³/mol. The van der Waals surface area contributed by atoms with Gasteiger partial charge in [0, 0.05) is 44.1 Å². The maximum atomic E-state index is 13.2. The Kier molecular flexibility index (Phi) is 5.25. The molecule has 0 aromatic heterocycles. The minimum atomic E-state index is -0.816. The Morgan fingerprint density at radius 2 is 2.15 bits per heavy atom. The van der Waals surface area contributed by atoms with Crippen molar-refractivity contribution >= 4 is 11.7 Å². The average molecular weight is 376 g/mol. The van der Waals surface area contributed by atoms with Gasteiger partial charge in [0.15, 0.2) is 0 Å². The number of carbonyl (C=O) groups excluding carboxylic acids is 1. The third kappa shape index (κ3) is 3.39. The Hall–Kier alpha value is -1.83. The number of piperidine rings is 1. The van der Waals surface area contributed by atoms with E-state index in [0.717, 1.165) is 6.42 Å². The Labute approximate surface area is 159 Å². The highest BCUT2D eigenvalue weighted by atomic mass is 16.5. The molecule has 4 atom stereocenters. The third-order valence-electron chi connectivity index (χ3n) is 6.14. The quantitative estimate of drug-likeness (QED) is 0.845. The largest absolute Gasteiger partial charge is 0.492 e. The molecule has 4 rings (SSSR count). The van der Waals surface area contributed by atoms with Crippen molar-refractivity contribution in [2.24, 2.45) is 11.8 Å². The van der Waals surface area contributed by atoms with Gasteiger partial charge in [-0.15, -0.1) is 0 Å². The van der Waals surface area contributed by atoms with E-state index in [1.54, 1.807) is 0 Å². The summed E-state index contributed by atoms with van der Waals surface area (Å²) in [5.41, 5.74) is -0.155. The first kappa shape index (κ1) is 18.5. The second-order valence-corrected chi connectivity index (χ2v) is 7.56. The minimum Gasteiger partial charge on any atom is -0.492 e. The predicted octanol–water partition coefficient (Wildman–Crippen LogP) is 2.11. The lowest BCUT2D eigenvalue weighted by molar-refractivity contribution is -0.211. The van der Waals surface area contributed by atoms with Crippen LogP contribution in [0.2, 0.25) is 0 Å². The van der Waals surface area contributed by atoms with Gasteiger partial charge >= 0.3 is 6.03 Å². The zero-order valence-electron chi connectivity index (χ0n) is 15.7. The topological polar surface area (TPSA) is 80.3 Å². The highest BCUT2D eigenvalue weighted by molar-refractivity contribution is 5.91. The number of aliphatic hydroxyl groups is 1. The van der Waals surface area contributed by atoms with Gasteiger partial charge in [0.1, 0.15) is 5.75 Å². The molecule has 0 bridgehead atoms. The summed E-state index contributed by atoms with van der Waals surface area (Å²) < 4.78 is 16.9. The lowest BCUT2D eigenvalue weighted by atomic mass is 9.66. The number of urea groups is 1. The van der Waals surface area contributed by atoms with Crippen LogP contribution in [-0.2, 0) is 9.47 Å². The van der Waals surface area contributed by atoms with Crippen LogP contribution in [0.1, 0.15) is 19.8 Å². The molecule has 27 heavy (non-hydrogen) atoms. The number of likely N-dealkylation sites (tertiary alicyclic amines) is 1. The van der Waals surface area contributed by atoms with Crippen molar-refractivity contribution in [3.05, 3.63) is 24.3 Å². The highest BCUT2D eigenvalue weighted by Gasteiger charge is 2.56. The van der Waals surface area contributed by atoms with E-state index in [-0.39, 0.29) is 23.9 Å². The van der Waals surface area contributed by atoms with Crippen LogP contribution in [0.5, 0.6) is 5.75 Å². The molecule has 0 unspecified atom stereocenters. The monoisotopic (exact) mass is 376 g/mol. The molecule has 2 N–H and O–H groups in total. The van der Waals surface area contributed by atoms with Crippen LogP contribution in [0.15, 0.2) is 24.3 Å². The molecule has 0 spiro atoms. The van der Waals surface area contributed by atoms with Gasteiger partial charge in [-0.3, -0.25) is 0 Å². The van der Waals surface area contributed by atoms with Crippen LogP contribution in [-0.4, -0.2) is 67.3 Å². The van der Waals surface area contributed by atoms with E-state index in [0.29, 0.717) is 57.4 Å². The van der Waals surface area contributed by atoms with Gasteiger partial charge in [0.25, 0.3) is 0 Å². The van der Waals surface area contributed by atoms with Crippen molar-refractivity contribution in [2.45, 2.75) is 31.4 Å². The van der Waals surface area contributed by atoms with E-state index in [1.807, 2.05) is 36.1 Å². The summed E-state index contributed by atoms with van der Waals surface area (Å²) in [6.45, 7) is 5.06. The fourth-order valence-corrected chi connectivity index (χ4v) is 4.73. The van der Waals surface area contributed by atoms with Crippen LogP contribution in [0.25, 0.3) is 0 Å². The van der Waals surface area contributed by atoms with Crippen LogP contribution in [0.4, 0.5) is 10.5 Å². The number of anilines is 1. The van der Waals surface area contributed by atoms with Crippen LogP contribution in [0.3, 0.4) is 0 Å². The van der Waals surface area contributed by atoms with E-state index in [1.165, 1.54) is 0 Å². The Balaban J connectivity index is 1.56.